The van der Waals surface area contributed by atoms with Crippen LogP contribution in [-0.2, 0) is 13.1 Å². The van der Waals surface area contributed by atoms with Gasteiger partial charge in [0.15, 0.2) is 5.69 Å². The van der Waals surface area contributed by atoms with Crippen LogP contribution in [0.3, 0.4) is 0 Å². The Hall–Kier alpha value is -1.72. The van der Waals surface area contributed by atoms with Gasteiger partial charge in [0.05, 0.1) is 10.4 Å². The summed E-state index contributed by atoms with van der Waals surface area (Å²) in [5.74, 6) is -0.952. The van der Waals surface area contributed by atoms with Crippen LogP contribution in [-0.4, -0.2) is 27.5 Å². The summed E-state index contributed by atoms with van der Waals surface area (Å²) in [5, 5.41) is 9.06. The van der Waals surface area contributed by atoms with Gasteiger partial charge in [-0.15, -0.1) is 11.3 Å². The molecule has 1 aromatic carbocycles. The lowest BCUT2D eigenvalue weighted by Crippen LogP contribution is -2.22. The van der Waals surface area contributed by atoms with Gasteiger partial charge in [0.1, 0.15) is 0 Å². The largest absolute Gasteiger partial charge is 0.476 e. The van der Waals surface area contributed by atoms with Crippen LogP contribution < -0.4 is 0 Å². The highest BCUT2D eigenvalue weighted by Crippen LogP contribution is 2.17. The molecule has 0 atom stereocenters. The summed E-state index contributed by atoms with van der Waals surface area (Å²) < 4.78 is 0. The molecule has 0 fully saturated rings. The zero-order chi connectivity index (χ0) is 13.7. The van der Waals surface area contributed by atoms with E-state index in [9.17, 15) is 4.79 Å². The smallest absolute Gasteiger partial charge is 0.355 e. The predicted octanol–water partition coefficient (Wildman–Crippen LogP) is 2.86. The molecule has 1 heterocycles. The lowest BCUT2D eigenvalue weighted by molar-refractivity contribution is 0.0689. The Morgan fingerprint density at radius 2 is 2.05 bits per heavy atom. The zero-order valence-electron chi connectivity index (χ0n) is 10.7. The van der Waals surface area contributed by atoms with Crippen LogP contribution in [0.15, 0.2) is 35.8 Å². The van der Waals surface area contributed by atoms with Crippen LogP contribution in [0.1, 0.15) is 27.9 Å². The summed E-state index contributed by atoms with van der Waals surface area (Å²) >= 11 is 1.40. The van der Waals surface area contributed by atoms with Crippen LogP contribution in [0, 0.1) is 0 Å². The highest BCUT2D eigenvalue weighted by molar-refractivity contribution is 7.09. The number of nitrogens with zero attached hydrogens (tertiary/aromatic N) is 2. The molecule has 0 saturated carbocycles. The summed E-state index contributed by atoms with van der Waals surface area (Å²) in [7, 11) is 0. The minimum absolute atomic E-state index is 0.177. The summed E-state index contributed by atoms with van der Waals surface area (Å²) in [6.45, 7) is 4.38. The standard InChI is InChI=1S/C14H16N2O2S/c1-2-16(8-11-6-4-3-5-7-11)9-12-13(14(17)18)15-10-19-12/h3-7,10H,2,8-9H2,1H3,(H,17,18). The van der Waals surface area contributed by atoms with Gasteiger partial charge in [0.2, 0.25) is 0 Å². The second-order valence-electron chi connectivity index (χ2n) is 4.22. The molecule has 0 unspecified atom stereocenters. The first-order chi connectivity index (χ1) is 9.20. The van der Waals surface area contributed by atoms with Gasteiger partial charge in [-0.05, 0) is 12.1 Å². The Morgan fingerprint density at radius 3 is 2.68 bits per heavy atom. The van der Waals surface area contributed by atoms with E-state index >= 15 is 0 Å². The van der Waals surface area contributed by atoms with Gasteiger partial charge >= 0.3 is 5.97 Å². The van der Waals surface area contributed by atoms with Crippen LogP contribution in [0.5, 0.6) is 0 Å². The molecule has 0 saturated heterocycles. The molecule has 0 radical (unpaired) electrons. The van der Waals surface area contributed by atoms with Gasteiger partial charge in [-0.1, -0.05) is 37.3 Å². The Labute approximate surface area is 116 Å². The number of hydrogen-bond donors (Lipinski definition) is 1. The van der Waals surface area contributed by atoms with Crippen molar-refractivity contribution in [3.05, 3.63) is 52.0 Å². The number of rotatable bonds is 6. The molecule has 0 amide bonds. The van der Waals surface area contributed by atoms with Crippen molar-refractivity contribution >= 4 is 17.3 Å². The molecule has 0 aliphatic rings. The van der Waals surface area contributed by atoms with Crippen molar-refractivity contribution in [2.24, 2.45) is 0 Å². The van der Waals surface area contributed by atoms with Crippen molar-refractivity contribution in [2.45, 2.75) is 20.0 Å². The van der Waals surface area contributed by atoms with Crippen molar-refractivity contribution < 1.29 is 9.90 Å². The normalized spacial score (nSPS) is 10.8. The average Bonchev–Trinajstić information content (AvgIpc) is 2.87. The maximum absolute atomic E-state index is 11.0. The van der Waals surface area contributed by atoms with Crippen LogP contribution in [0.2, 0.25) is 0 Å². The maximum Gasteiger partial charge on any atom is 0.355 e. The van der Waals surface area contributed by atoms with Gasteiger partial charge in [0.25, 0.3) is 0 Å². The highest BCUT2D eigenvalue weighted by Gasteiger charge is 2.15. The van der Waals surface area contributed by atoms with E-state index in [0.717, 1.165) is 18.0 Å². The first kappa shape index (κ1) is 13.7. The van der Waals surface area contributed by atoms with E-state index in [-0.39, 0.29) is 5.69 Å². The molecule has 1 N–H and O–H groups in total. The Morgan fingerprint density at radius 1 is 1.32 bits per heavy atom. The molecule has 2 rings (SSSR count). The van der Waals surface area contributed by atoms with E-state index in [1.807, 2.05) is 18.2 Å². The molecule has 1 aromatic heterocycles. The van der Waals surface area contributed by atoms with Crippen molar-refractivity contribution in [2.75, 3.05) is 6.54 Å². The Kier molecular flexibility index (Phi) is 4.65. The van der Waals surface area contributed by atoms with Crippen molar-refractivity contribution in [3.8, 4) is 0 Å². The molecule has 4 nitrogen and oxygen atoms in total. The molecule has 5 heteroatoms. The first-order valence-corrected chi connectivity index (χ1v) is 7.00. The minimum Gasteiger partial charge on any atom is -0.476 e. The van der Waals surface area contributed by atoms with Crippen molar-refractivity contribution in [1.82, 2.24) is 9.88 Å². The minimum atomic E-state index is -0.952. The van der Waals surface area contributed by atoms with Gasteiger partial charge in [-0.2, -0.15) is 0 Å². The second-order valence-corrected chi connectivity index (χ2v) is 5.16. The molecule has 0 aliphatic heterocycles. The number of aromatic carboxylic acids is 1. The number of aromatic nitrogens is 1. The van der Waals surface area contributed by atoms with Crippen molar-refractivity contribution in [3.63, 3.8) is 0 Å². The fourth-order valence-corrected chi connectivity index (χ4v) is 2.68. The molecule has 0 spiro atoms. The third-order valence-corrected chi connectivity index (χ3v) is 3.72. The lowest BCUT2D eigenvalue weighted by atomic mass is 10.2. The van der Waals surface area contributed by atoms with Crippen LogP contribution in [0.4, 0.5) is 0 Å². The quantitative estimate of drug-likeness (QED) is 0.881. The monoisotopic (exact) mass is 276 g/mol. The van der Waals surface area contributed by atoms with Gasteiger partial charge < -0.3 is 5.11 Å². The Balaban J connectivity index is 2.07. The molecule has 0 bridgehead atoms. The summed E-state index contributed by atoms with van der Waals surface area (Å²) in [4.78, 5) is 18.0. The number of carboxylic acids is 1. The van der Waals surface area contributed by atoms with Crippen LogP contribution in [0.25, 0.3) is 0 Å². The highest BCUT2D eigenvalue weighted by atomic mass is 32.1. The molecule has 100 valence electrons. The number of carboxylic acid groups (broad SMARTS) is 1. The Bertz CT molecular complexity index is 539. The lowest BCUT2D eigenvalue weighted by Gasteiger charge is -2.19. The van der Waals surface area contributed by atoms with Gasteiger partial charge in [-0.25, -0.2) is 9.78 Å². The topological polar surface area (TPSA) is 53.4 Å². The molecule has 0 aliphatic carbocycles. The fraction of sp³-hybridized carbons (Fsp3) is 0.286. The summed E-state index contributed by atoms with van der Waals surface area (Å²) in [5.41, 5.74) is 3.00. The molecule has 19 heavy (non-hydrogen) atoms. The SMILES string of the molecule is CCN(Cc1ccccc1)Cc1scnc1C(=O)O. The molecular weight excluding hydrogens is 260 g/mol. The third kappa shape index (κ3) is 3.62. The van der Waals surface area contributed by atoms with E-state index in [0.29, 0.717) is 6.54 Å². The van der Waals surface area contributed by atoms with Crippen molar-refractivity contribution in [1.29, 1.82) is 0 Å². The van der Waals surface area contributed by atoms with Gasteiger partial charge in [-0.3, -0.25) is 4.90 Å². The summed E-state index contributed by atoms with van der Waals surface area (Å²) in [6.07, 6.45) is 0. The maximum atomic E-state index is 11.0. The number of thiazole rings is 1. The third-order valence-electron chi connectivity index (χ3n) is 2.91. The molecular formula is C14H16N2O2S. The van der Waals surface area contributed by atoms with E-state index in [1.54, 1.807) is 5.51 Å². The van der Waals surface area contributed by atoms with Crippen LogP contribution >= 0.6 is 11.3 Å². The van der Waals surface area contributed by atoms with E-state index < -0.39 is 5.97 Å². The number of hydrogen-bond acceptors (Lipinski definition) is 4. The fourth-order valence-electron chi connectivity index (χ4n) is 1.88. The van der Waals surface area contributed by atoms with E-state index in [2.05, 4.69) is 28.9 Å². The van der Waals surface area contributed by atoms with Gasteiger partial charge in [0, 0.05) is 13.1 Å². The summed E-state index contributed by atoms with van der Waals surface area (Å²) in [6, 6.07) is 10.2. The average molecular weight is 276 g/mol. The van der Waals surface area contributed by atoms with E-state index in [4.69, 9.17) is 5.11 Å². The molecule has 2 aromatic rings. The van der Waals surface area contributed by atoms with E-state index in [1.165, 1.54) is 16.9 Å². The first-order valence-electron chi connectivity index (χ1n) is 6.12. The zero-order valence-corrected chi connectivity index (χ0v) is 11.6. The number of carbonyl (C=O) groups is 1. The predicted molar refractivity (Wildman–Crippen MR) is 75.3 cm³/mol. The second kappa shape index (κ2) is 6.45. The number of benzene rings is 1.